The summed E-state index contributed by atoms with van der Waals surface area (Å²) in [7, 11) is 1.62. The second kappa shape index (κ2) is 6.55. The lowest BCUT2D eigenvalue weighted by molar-refractivity contribution is -0.120. The molecule has 1 aromatic rings. The van der Waals surface area contributed by atoms with Crippen LogP contribution in [0.4, 0.5) is 0 Å². The summed E-state index contributed by atoms with van der Waals surface area (Å²) in [5.41, 5.74) is 2.48. The summed E-state index contributed by atoms with van der Waals surface area (Å²) in [5, 5.41) is 2.81. The Bertz CT molecular complexity index is 376. The monoisotopic (exact) mass is 249 g/mol. The second-order valence-electron chi connectivity index (χ2n) is 5.47. The minimum absolute atomic E-state index is 0.0376. The van der Waals surface area contributed by atoms with Gasteiger partial charge in [0.2, 0.25) is 5.91 Å². The molecule has 0 radical (unpaired) electrons. The molecule has 1 N–H and O–H groups in total. The van der Waals surface area contributed by atoms with Gasteiger partial charge in [0.05, 0.1) is 13.0 Å². The van der Waals surface area contributed by atoms with Crippen LogP contribution < -0.4 is 5.32 Å². The molecule has 3 heteroatoms. The maximum atomic E-state index is 11.6. The predicted molar refractivity (Wildman–Crippen MR) is 73.7 cm³/mol. The highest BCUT2D eigenvalue weighted by atomic mass is 16.5. The zero-order valence-corrected chi connectivity index (χ0v) is 11.7. The van der Waals surface area contributed by atoms with Crippen molar-refractivity contribution in [2.45, 2.75) is 32.6 Å². The topological polar surface area (TPSA) is 38.3 Å². The maximum Gasteiger partial charge on any atom is 0.224 e. The molecule has 0 spiro atoms. The van der Waals surface area contributed by atoms with Crippen molar-refractivity contribution in [3.63, 3.8) is 0 Å². The van der Waals surface area contributed by atoms with Crippen LogP contribution in [0.5, 0.6) is 0 Å². The van der Waals surface area contributed by atoms with Crippen LogP contribution in [0.1, 0.15) is 31.9 Å². The van der Waals surface area contributed by atoms with Crippen LogP contribution in [0.3, 0.4) is 0 Å². The van der Waals surface area contributed by atoms with Gasteiger partial charge in [-0.2, -0.15) is 0 Å². The molecule has 1 rings (SSSR count). The highest BCUT2D eigenvalue weighted by molar-refractivity contribution is 5.78. The van der Waals surface area contributed by atoms with Crippen LogP contribution in [0.15, 0.2) is 24.3 Å². The smallest absolute Gasteiger partial charge is 0.224 e. The Balaban J connectivity index is 2.51. The van der Waals surface area contributed by atoms with E-state index in [1.54, 1.807) is 7.11 Å². The van der Waals surface area contributed by atoms with Crippen molar-refractivity contribution < 1.29 is 9.53 Å². The van der Waals surface area contributed by atoms with Crippen LogP contribution in [-0.2, 0) is 21.4 Å². The quantitative estimate of drug-likeness (QED) is 0.813. The molecule has 0 heterocycles. The largest absolute Gasteiger partial charge is 0.383 e. The molecule has 0 saturated heterocycles. The van der Waals surface area contributed by atoms with E-state index < -0.39 is 0 Å². The molecule has 0 fully saturated rings. The third-order valence-corrected chi connectivity index (χ3v) is 2.81. The van der Waals surface area contributed by atoms with Gasteiger partial charge in [0.1, 0.15) is 0 Å². The van der Waals surface area contributed by atoms with E-state index in [1.165, 1.54) is 5.56 Å². The second-order valence-corrected chi connectivity index (χ2v) is 5.47. The fraction of sp³-hybridized carbons (Fsp3) is 0.533. The molecule has 0 bridgehead atoms. The Morgan fingerprint density at radius 1 is 1.22 bits per heavy atom. The fourth-order valence-electron chi connectivity index (χ4n) is 1.66. The van der Waals surface area contributed by atoms with Crippen molar-refractivity contribution in [3.8, 4) is 0 Å². The Morgan fingerprint density at radius 3 is 2.33 bits per heavy atom. The SMILES string of the molecule is COCCNC(=O)Cc1ccc(C(C)(C)C)cc1. The van der Waals surface area contributed by atoms with E-state index in [0.29, 0.717) is 19.6 Å². The fourth-order valence-corrected chi connectivity index (χ4v) is 1.66. The van der Waals surface area contributed by atoms with Crippen molar-refractivity contribution in [2.75, 3.05) is 20.3 Å². The number of carbonyl (C=O) groups is 1. The van der Waals surface area contributed by atoms with Crippen molar-refractivity contribution in [1.82, 2.24) is 5.32 Å². The highest BCUT2D eigenvalue weighted by Gasteiger charge is 2.13. The summed E-state index contributed by atoms with van der Waals surface area (Å²) < 4.78 is 4.88. The first-order valence-electron chi connectivity index (χ1n) is 6.28. The van der Waals surface area contributed by atoms with Crippen LogP contribution >= 0.6 is 0 Å². The number of nitrogens with one attached hydrogen (secondary N) is 1. The first-order chi connectivity index (χ1) is 8.43. The van der Waals surface area contributed by atoms with E-state index in [-0.39, 0.29) is 11.3 Å². The summed E-state index contributed by atoms with van der Waals surface area (Å²) >= 11 is 0. The molecule has 100 valence electrons. The zero-order chi connectivity index (χ0) is 13.6. The van der Waals surface area contributed by atoms with Crippen LogP contribution in [0.2, 0.25) is 0 Å². The van der Waals surface area contributed by atoms with Crippen LogP contribution in [0, 0.1) is 0 Å². The van der Waals surface area contributed by atoms with E-state index in [9.17, 15) is 4.79 Å². The number of rotatable bonds is 5. The molecular weight excluding hydrogens is 226 g/mol. The van der Waals surface area contributed by atoms with Crippen molar-refractivity contribution >= 4 is 5.91 Å². The molecule has 0 aliphatic heterocycles. The summed E-state index contributed by atoms with van der Waals surface area (Å²) in [6, 6.07) is 8.24. The molecule has 0 unspecified atom stereocenters. The standard InChI is InChI=1S/C15H23NO2/c1-15(2,3)13-7-5-12(6-8-13)11-14(17)16-9-10-18-4/h5-8H,9-11H2,1-4H3,(H,16,17). The van der Waals surface area contributed by atoms with E-state index in [4.69, 9.17) is 4.74 Å². The lowest BCUT2D eigenvalue weighted by Crippen LogP contribution is -2.28. The van der Waals surface area contributed by atoms with E-state index >= 15 is 0 Å². The van der Waals surface area contributed by atoms with Gasteiger partial charge in [-0.1, -0.05) is 45.0 Å². The average molecular weight is 249 g/mol. The third kappa shape index (κ3) is 4.88. The first-order valence-corrected chi connectivity index (χ1v) is 6.28. The number of carbonyl (C=O) groups excluding carboxylic acids is 1. The molecule has 3 nitrogen and oxygen atoms in total. The minimum Gasteiger partial charge on any atom is -0.383 e. The summed E-state index contributed by atoms with van der Waals surface area (Å²) in [5.74, 6) is 0.0376. The van der Waals surface area contributed by atoms with Crippen LogP contribution in [-0.4, -0.2) is 26.2 Å². The lowest BCUT2D eigenvalue weighted by Gasteiger charge is -2.19. The number of hydrogen-bond acceptors (Lipinski definition) is 2. The zero-order valence-electron chi connectivity index (χ0n) is 11.7. The van der Waals surface area contributed by atoms with Gasteiger partial charge in [0.25, 0.3) is 0 Å². The molecule has 0 atom stereocenters. The van der Waals surface area contributed by atoms with Gasteiger partial charge in [-0.25, -0.2) is 0 Å². The van der Waals surface area contributed by atoms with Crippen molar-refractivity contribution in [1.29, 1.82) is 0 Å². The average Bonchev–Trinajstić information content (AvgIpc) is 2.29. The highest BCUT2D eigenvalue weighted by Crippen LogP contribution is 2.22. The number of methoxy groups -OCH3 is 1. The normalized spacial score (nSPS) is 11.3. The summed E-state index contributed by atoms with van der Waals surface area (Å²) in [6.07, 6.45) is 0.425. The molecular formula is C15H23NO2. The number of amides is 1. The Labute approximate surface area is 110 Å². The van der Waals surface area contributed by atoms with Gasteiger partial charge in [-0.05, 0) is 16.5 Å². The van der Waals surface area contributed by atoms with Gasteiger partial charge in [0.15, 0.2) is 0 Å². The van der Waals surface area contributed by atoms with Gasteiger partial charge in [0, 0.05) is 13.7 Å². The molecule has 1 amide bonds. The first kappa shape index (κ1) is 14.7. The Morgan fingerprint density at radius 2 is 1.83 bits per heavy atom. The molecule has 1 aromatic carbocycles. The van der Waals surface area contributed by atoms with Crippen LogP contribution in [0.25, 0.3) is 0 Å². The molecule has 0 aliphatic rings. The van der Waals surface area contributed by atoms with Crippen molar-refractivity contribution in [3.05, 3.63) is 35.4 Å². The van der Waals surface area contributed by atoms with E-state index in [1.807, 2.05) is 12.1 Å². The van der Waals surface area contributed by atoms with Gasteiger partial charge < -0.3 is 10.1 Å². The van der Waals surface area contributed by atoms with Gasteiger partial charge >= 0.3 is 0 Å². The van der Waals surface area contributed by atoms with E-state index in [2.05, 4.69) is 38.2 Å². The third-order valence-electron chi connectivity index (χ3n) is 2.81. The van der Waals surface area contributed by atoms with Crippen molar-refractivity contribution in [2.24, 2.45) is 0 Å². The number of hydrogen-bond donors (Lipinski definition) is 1. The molecule has 0 saturated carbocycles. The van der Waals surface area contributed by atoms with E-state index in [0.717, 1.165) is 5.56 Å². The predicted octanol–water partition coefficient (Wildman–Crippen LogP) is 2.29. The summed E-state index contributed by atoms with van der Waals surface area (Å²) in [4.78, 5) is 11.6. The molecule has 0 aromatic heterocycles. The molecule has 18 heavy (non-hydrogen) atoms. The number of ether oxygens (including phenoxy) is 1. The Kier molecular flexibility index (Phi) is 5.35. The summed E-state index contributed by atoms with van der Waals surface area (Å²) in [6.45, 7) is 7.66. The van der Waals surface area contributed by atoms with Gasteiger partial charge in [-0.15, -0.1) is 0 Å². The maximum absolute atomic E-state index is 11.6. The molecule has 0 aliphatic carbocycles. The lowest BCUT2D eigenvalue weighted by atomic mass is 9.86. The van der Waals surface area contributed by atoms with Gasteiger partial charge in [-0.3, -0.25) is 4.79 Å². The number of benzene rings is 1. The Hall–Kier alpha value is -1.35. The minimum atomic E-state index is 0.0376.